The number of ether oxygens (including phenoxy) is 2. The quantitative estimate of drug-likeness (QED) is 0.583. The summed E-state index contributed by atoms with van der Waals surface area (Å²) in [5.74, 6) is 1.18. The molecular weight excluding hydrogens is 396 g/mol. The van der Waals surface area contributed by atoms with Gasteiger partial charge in [0, 0.05) is 16.1 Å². The second-order valence-electron chi connectivity index (χ2n) is 4.81. The van der Waals surface area contributed by atoms with Gasteiger partial charge in [0.05, 0.1) is 24.8 Å². The normalized spacial score (nSPS) is 11.9. The van der Waals surface area contributed by atoms with Crippen LogP contribution in [0.1, 0.15) is 12.5 Å². The molecule has 0 amide bonds. The van der Waals surface area contributed by atoms with Crippen molar-refractivity contribution in [1.82, 2.24) is 4.83 Å². The van der Waals surface area contributed by atoms with E-state index in [9.17, 15) is 8.42 Å². The molecule has 2 rings (SSSR count). The Hall–Kier alpha value is -2.06. The summed E-state index contributed by atoms with van der Waals surface area (Å²) >= 11 is 3.27. The van der Waals surface area contributed by atoms with Gasteiger partial charge in [0.1, 0.15) is 11.5 Å². The van der Waals surface area contributed by atoms with E-state index in [2.05, 4.69) is 25.9 Å². The fourth-order valence-corrected chi connectivity index (χ4v) is 3.07. The molecule has 0 unspecified atom stereocenters. The van der Waals surface area contributed by atoms with E-state index in [1.54, 1.807) is 44.4 Å². The fraction of sp³-hybridized carbons (Fsp3) is 0.188. The van der Waals surface area contributed by atoms with E-state index < -0.39 is 10.0 Å². The van der Waals surface area contributed by atoms with Crippen LogP contribution in [0.3, 0.4) is 0 Å². The first kappa shape index (κ1) is 18.3. The van der Waals surface area contributed by atoms with Crippen LogP contribution in [0, 0.1) is 0 Å². The molecule has 0 radical (unpaired) electrons. The van der Waals surface area contributed by atoms with Crippen LogP contribution in [0.15, 0.2) is 56.9 Å². The monoisotopic (exact) mass is 412 g/mol. The number of nitrogens with one attached hydrogen (secondary N) is 1. The maximum Gasteiger partial charge on any atom is 0.276 e. The third kappa shape index (κ3) is 4.27. The standard InChI is InChI=1S/C16H17BrN2O4S/c1-11(15-9-6-13(22-2)10-16(15)23-3)18-19-24(20,21)14-7-4-12(17)5-8-14/h4-10,19H,1-3H3/b18-11-. The van der Waals surface area contributed by atoms with Gasteiger partial charge in [-0.2, -0.15) is 18.4 Å². The Kier molecular flexibility index (Phi) is 5.84. The SMILES string of the molecule is COc1ccc(/C(C)=N\NS(=O)(=O)c2ccc(Br)cc2)c(OC)c1. The highest BCUT2D eigenvalue weighted by Crippen LogP contribution is 2.25. The summed E-state index contributed by atoms with van der Waals surface area (Å²) < 4.78 is 35.7. The molecule has 1 N–H and O–H groups in total. The van der Waals surface area contributed by atoms with E-state index in [0.717, 1.165) is 4.47 Å². The number of methoxy groups -OCH3 is 2. The van der Waals surface area contributed by atoms with Gasteiger partial charge in [0.25, 0.3) is 10.0 Å². The highest BCUT2D eigenvalue weighted by atomic mass is 79.9. The molecule has 0 aromatic heterocycles. The number of nitrogens with zero attached hydrogens (tertiary/aromatic N) is 1. The minimum absolute atomic E-state index is 0.129. The van der Waals surface area contributed by atoms with Crippen LogP contribution in [0.4, 0.5) is 0 Å². The van der Waals surface area contributed by atoms with Gasteiger partial charge in [-0.05, 0) is 43.3 Å². The van der Waals surface area contributed by atoms with Crippen molar-refractivity contribution in [2.24, 2.45) is 5.10 Å². The van der Waals surface area contributed by atoms with E-state index in [1.807, 2.05) is 0 Å². The van der Waals surface area contributed by atoms with E-state index in [-0.39, 0.29) is 4.90 Å². The number of benzene rings is 2. The Labute approximate surface area is 149 Å². The Balaban J connectivity index is 2.27. The van der Waals surface area contributed by atoms with Gasteiger partial charge in [-0.1, -0.05) is 15.9 Å². The summed E-state index contributed by atoms with van der Waals surface area (Å²) in [6.07, 6.45) is 0. The largest absolute Gasteiger partial charge is 0.497 e. The number of hydrazone groups is 1. The van der Waals surface area contributed by atoms with Crippen molar-refractivity contribution in [3.8, 4) is 11.5 Å². The first-order valence-electron chi connectivity index (χ1n) is 6.91. The minimum Gasteiger partial charge on any atom is -0.497 e. The van der Waals surface area contributed by atoms with Crippen LogP contribution < -0.4 is 14.3 Å². The van der Waals surface area contributed by atoms with Crippen molar-refractivity contribution in [2.75, 3.05) is 14.2 Å². The molecule has 0 aliphatic rings. The molecule has 0 atom stereocenters. The van der Waals surface area contributed by atoms with Crippen LogP contribution in [-0.4, -0.2) is 28.3 Å². The molecular formula is C16H17BrN2O4S. The lowest BCUT2D eigenvalue weighted by molar-refractivity contribution is 0.394. The number of halogens is 1. The first-order valence-corrected chi connectivity index (χ1v) is 9.19. The van der Waals surface area contributed by atoms with E-state index >= 15 is 0 Å². The number of hydrogen-bond acceptors (Lipinski definition) is 5. The molecule has 0 saturated heterocycles. The maximum absolute atomic E-state index is 12.2. The summed E-state index contributed by atoms with van der Waals surface area (Å²) in [4.78, 5) is 2.36. The van der Waals surface area contributed by atoms with Crippen LogP contribution in [0.5, 0.6) is 11.5 Å². The highest BCUT2D eigenvalue weighted by Gasteiger charge is 2.14. The topological polar surface area (TPSA) is 77.0 Å². The average Bonchev–Trinajstić information content (AvgIpc) is 2.59. The molecule has 128 valence electrons. The van der Waals surface area contributed by atoms with Crippen LogP contribution in [0.25, 0.3) is 0 Å². The van der Waals surface area contributed by atoms with E-state index in [4.69, 9.17) is 9.47 Å². The predicted molar refractivity (Wildman–Crippen MR) is 96.2 cm³/mol. The molecule has 0 aliphatic carbocycles. The molecule has 0 fully saturated rings. The molecule has 0 saturated carbocycles. The second kappa shape index (κ2) is 7.67. The lowest BCUT2D eigenvalue weighted by Crippen LogP contribution is -2.20. The Morgan fingerprint density at radius 3 is 2.33 bits per heavy atom. The average molecular weight is 413 g/mol. The van der Waals surface area contributed by atoms with Crippen molar-refractivity contribution in [2.45, 2.75) is 11.8 Å². The van der Waals surface area contributed by atoms with Gasteiger partial charge in [-0.15, -0.1) is 0 Å². The zero-order valence-corrected chi connectivity index (χ0v) is 15.8. The summed E-state index contributed by atoms with van der Waals surface area (Å²) in [6, 6.07) is 11.5. The van der Waals surface area contributed by atoms with Crippen molar-refractivity contribution < 1.29 is 17.9 Å². The van der Waals surface area contributed by atoms with Gasteiger partial charge in [-0.3, -0.25) is 0 Å². The molecule has 0 spiro atoms. The number of hydrogen-bond donors (Lipinski definition) is 1. The van der Waals surface area contributed by atoms with E-state index in [1.165, 1.54) is 19.2 Å². The highest BCUT2D eigenvalue weighted by molar-refractivity contribution is 9.10. The van der Waals surface area contributed by atoms with Gasteiger partial charge in [-0.25, -0.2) is 0 Å². The third-order valence-corrected chi connectivity index (χ3v) is 5.01. The molecule has 2 aromatic rings. The Morgan fingerprint density at radius 2 is 1.75 bits per heavy atom. The summed E-state index contributed by atoms with van der Waals surface area (Å²) in [6.45, 7) is 1.69. The van der Waals surface area contributed by atoms with Gasteiger partial charge >= 0.3 is 0 Å². The molecule has 2 aromatic carbocycles. The lowest BCUT2D eigenvalue weighted by atomic mass is 10.1. The zero-order chi connectivity index (χ0) is 17.7. The summed E-state index contributed by atoms with van der Waals surface area (Å²) in [5, 5.41) is 3.98. The summed E-state index contributed by atoms with van der Waals surface area (Å²) in [7, 11) is -0.654. The number of rotatable bonds is 6. The molecule has 0 aliphatic heterocycles. The van der Waals surface area contributed by atoms with Crippen molar-refractivity contribution in [3.63, 3.8) is 0 Å². The van der Waals surface area contributed by atoms with Crippen molar-refractivity contribution >= 4 is 31.7 Å². The Bertz CT molecular complexity index is 849. The van der Waals surface area contributed by atoms with Crippen molar-refractivity contribution in [1.29, 1.82) is 0 Å². The molecule has 6 nitrogen and oxygen atoms in total. The molecule has 0 heterocycles. The van der Waals surface area contributed by atoms with Gasteiger partial charge < -0.3 is 9.47 Å². The second-order valence-corrected chi connectivity index (χ2v) is 7.39. The Morgan fingerprint density at radius 1 is 1.08 bits per heavy atom. The fourth-order valence-electron chi connectivity index (χ4n) is 1.95. The van der Waals surface area contributed by atoms with Crippen LogP contribution >= 0.6 is 15.9 Å². The van der Waals surface area contributed by atoms with Crippen LogP contribution in [0.2, 0.25) is 0 Å². The molecule has 8 heteroatoms. The van der Waals surface area contributed by atoms with E-state index in [0.29, 0.717) is 22.8 Å². The molecule has 24 heavy (non-hydrogen) atoms. The maximum atomic E-state index is 12.2. The smallest absolute Gasteiger partial charge is 0.276 e. The minimum atomic E-state index is -3.74. The van der Waals surface area contributed by atoms with Gasteiger partial charge in [0.15, 0.2) is 0 Å². The first-order chi connectivity index (χ1) is 11.4. The predicted octanol–water partition coefficient (Wildman–Crippen LogP) is 3.17. The zero-order valence-electron chi connectivity index (χ0n) is 13.4. The van der Waals surface area contributed by atoms with Gasteiger partial charge in [0.2, 0.25) is 0 Å². The third-order valence-electron chi connectivity index (χ3n) is 3.26. The molecule has 0 bridgehead atoms. The van der Waals surface area contributed by atoms with Crippen LogP contribution in [-0.2, 0) is 10.0 Å². The van der Waals surface area contributed by atoms with Crippen molar-refractivity contribution in [3.05, 3.63) is 52.5 Å². The number of sulfonamides is 1. The lowest BCUT2D eigenvalue weighted by Gasteiger charge is -2.10. The summed E-state index contributed by atoms with van der Waals surface area (Å²) in [5.41, 5.74) is 1.13.